The predicted molar refractivity (Wildman–Crippen MR) is 64.0 cm³/mol. The highest BCUT2D eigenvalue weighted by Gasteiger charge is 2.27. The number of thioether (sulfide) groups is 1. The maximum absolute atomic E-state index is 11.8. The van der Waals surface area contributed by atoms with E-state index in [0.717, 1.165) is 6.42 Å². The van der Waals surface area contributed by atoms with Crippen molar-refractivity contribution in [2.75, 3.05) is 12.3 Å². The third kappa shape index (κ3) is 6.40. The fraction of sp³-hybridized carbons (Fsp3) is 0.600. The Kier molecular flexibility index (Phi) is 5.64. The zero-order valence-electron chi connectivity index (χ0n) is 8.88. The van der Waals surface area contributed by atoms with Crippen molar-refractivity contribution in [2.24, 2.45) is 0 Å². The summed E-state index contributed by atoms with van der Waals surface area (Å²) in [6, 6.07) is 4.23. The Hall–Kier alpha value is -0.200. The zero-order chi connectivity index (χ0) is 12.0. The van der Waals surface area contributed by atoms with E-state index in [-0.39, 0.29) is 23.6 Å². The Morgan fingerprint density at radius 3 is 2.81 bits per heavy atom. The molecule has 0 aliphatic carbocycles. The van der Waals surface area contributed by atoms with Crippen LogP contribution in [0.5, 0.6) is 0 Å². The van der Waals surface area contributed by atoms with E-state index in [1.807, 2.05) is 24.4 Å². The molecule has 1 heterocycles. The van der Waals surface area contributed by atoms with Crippen molar-refractivity contribution in [1.29, 1.82) is 0 Å². The molecule has 1 rings (SSSR count). The summed E-state index contributed by atoms with van der Waals surface area (Å²) in [5, 5.41) is 5.08. The van der Waals surface area contributed by atoms with Crippen molar-refractivity contribution in [3.05, 3.63) is 22.4 Å². The number of halogens is 3. The van der Waals surface area contributed by atoms with Crippen LogP contribution in [-0.2, 0) is 6.42 Å². The molecule has 0 bridgehead atoms. The molecule has 1 nitrogen and oxygen atoms in total. The van der Waals surface area contributed by atoms with Crippen molar-refractivity contribution < 1.29 is 13.2 Å². The van der Waals surface area contributed by atoms with Crippen molar-refractivity contribution in [1.82, 2.24) is 5.32 Å². The van der Waals surface area contributed by atoms with E-state index in [9.17, 15) is 13.2 Å². The third-order valence-corrected chi connectivity index (χ3v) is 3.58. The van der Waals surface area contributed by atoms with Gasteiger partial charge in [-0.2, -0.15) is 13.2 Å². The van der Waals surface area contributed by atoms with Crippen LogP contribution in [0.1, 0.15) is 11.8 Å². The second kappa shape index (κ2) is 6.51. The van der Waals surface area contributed by atoms with Crippen LogP contribution in [0.15, 0.2) is 17.5 Å². The molecule has 1 atom stereocenters. The Morgan fingerprint density at radius 2 is 2.25 bits per heavy atom. The van der Waals surface area contributed by atoms with Crippen molar-refractivity contribution in [3.63, 3.8) is 0 Å². The summed E-state index contributed by atoms with van der Waals surface area (Å²) in [4.78, 5) is 1.25. The second-order valence-electron chi connectivity index (χ2n) is 3.43. The molecule has 92 valence electrons. The van der Waals surface area contributed by atoms with E-state index >= 15 is 0 Å². The maximum atomic E-state index is 11.8. The molecule has 1 unspecified atom stereocenters. The second-order valence-corrected chi connectivity index (χ2v) is 5.62. The fourth-order valence-corrected chi connectivity index (χ4v) is 2.56. The van der Waals surface area contributed by atoms with Crippen LogP contribution in [0.3, 0.4) is 0 Å². The summed E-state index contributed by atoms with van der Waals surface area (Å²) in [6.07, 6.45) is 0.869. The summed E-state index contributed by atoms with van der Waals surface area (Å²) in [7, 11) is 0. The minimum Gasteiger partial charge on any atom is -0.313 e. The van der Waals surface area contributed by atoms with Crippen LogP contribution in [0, 0.1) is 0 Å². The molecule has 6 heteroatoms. The van der Waals surface area contributed by atoms with Gasteiger partial charge in [-0.3, -0.25) is 0 Å². The SMILES string of the molecule is CC(Cc1cccs1)NCCSC(F)(F)F. The van der Waals surface area contributed by atoms with Gasteiger partial charge in [-0.05, 0) is 36.6 Å². The van der Waals surface area contributed by atoms with E-state index in [0.29, 0.717) is 6.54 Å². The quantitative estimate of drug-likeness (QED) is 0.793. The normalized spacial score (nSPS) is 14.0. The van der Waals surface area contributed by atoms with Gasteiger partial charge in [0.05, 0.1) is 0 Å². The van der Waals surface area contributed by atoms with E-state index in [1.165, 1.54) is 4.88 Å². The number of thiophene rings is 1. The first kappa shape index (κ1) is 13.9. The van der Waals surface area contributed by atoms with Crippen molar-refractivity contribution >= 4 is 23.1 Å². The molecule has 0 saturated heterocycles. The zero-order valence-corrected chi connectivity index (χ0v) is 10.5. The minimum absolute atomic E-state index is 0.0236. The molecular weight excluding hydrogens is 255 g/mol. The monoisotopic (exact) mass is 269 g/mol. The lowest BCUT2D eigenvalue weighted by Gasteiger charge is -2.13. The molecule has 0 amide bonds. The van der Waals surface area contributed by atoms with E-state index in [2.05, 4.69) is 5.32 Å². The standard InChI is InChI=1S/C10H14F3NS2/c1-8(7-9-3-2-5-15-9)14-4-6-16-10(11,12)13/h2-3,5,8,14H,4,6-7H2,1H3. The predicted octanol–water partition coefficient (Wildman–Crippen LogP) is 3.52. The Balaban J connectivity index is 2.09. The van der Waals surface area contributed by atoms with Gasteiger partial charge in [-0.15, -0.1) is 11.3 Å². The molecule has 0 radical (unpaired) electrons. The highest BCUT2D eigenvalue weighted by atomic mass is 32.2. The molecule has 0 aliphatic heterocycles. The molecule has 16 heavy (non-hydrogen) atoms. The lowest BCUT2D eigenvalue weighted by Crippen LogP contribution is -2.30. The molecular formula is C10H14F3NS2. The number of alkyl halides is 3. The van der Waals surface area contributed by atoms with Gasteiger partial charge in [0.25, 0.3) is 0 Å². The van der Waals surface area contributed by atoms with E-state index in [1.54, 1.807) is 11.3 Å². The largest absolute Gasteiger partial charge is 0.441 e. The summed E-state index contributed by atoms with van der Waals surface area (Å²) in [5.41, 5.74) is -4.11. The van der Waals surface area contributed by atoms with Gasteiger partial charge in [-0.1, -0.05) is 6.07 Å². The lowest BCUT2D eigenvalue weighted by molar-refractivity contribution is -0.0327. The third-order valence-electron chi connectivity index (χ3n) is 1.95. The van der Waals surface area contributed by atoms with Gasteiger partial charge in [0, 0.05) is 23.2 Å². The summed E-state index contributed by atoms with van der Waals surface area (Å²) < 4.78 is 35.5. The first-order chi connectivity index (χ1) is 7.47. The molecule has 0 fully saturated rings. The summed E-state index contributed by atoms with van der Waals surface area (Å²) >= 11 is 1.69. The molecule has 1 N–H and O–H groups in total. The highest BCUT2D eigenvalue weighted by molar-refractivity contribution is 8.00. The molecule has 0 aliphatic rings. The van der Waals surface area contributed by atoms with Crippen LogP contribution in [-0.4, -0.2) is 23.8 Å². The molecule has 1 aromatic rings. The Bertz CT molecular complexity index is 285. The van der Waals surface area contributed by atoms with Gasteiger partial charge in [0.1, 0.15) is 0 Å². The summed E-state index contributed by atoms with van der Waals surface area (Å²) in [5.74, 6) is 0.0677. The van der Waals surface area contributed by atoms with Gasteiger partial charge >= 0.3 is 5.51 Å². The fourth-order valence-electron chi connectivity index (χ4n) is 1.27. The average Bonchev–Trinajstić information content (AvgIpc) is 2.63. The summed E-state index contributed by atoms with van der Waals surface area (Å²) in [6.45, 7) is 2.37. The minimum atomic E-state index is -4.11. The lowest BCUT2D eigenvalue weighted by atomic mass is 10.2. The van der Waals surface area contributed by atoms with E-state index in [4.69, 9.17) is 0 Å². The number of hydrogen-bond acceptors (Lipinski definition) is 3. The first-order valence-electron chi connectivity index (χ1n) is 4.94. The topological polar surface area (TPSA) is 12.0 Å². The maximum Gasteiger partial charge on any atom is 0.441 e. The number of rotatable bonds is 6. The Labute approximate surface area is 101 Å². The van der Waals surface area contributed by atoms with Crippen LogP contribution in [0.4, 0.5) is 13.2 Å². The van der Waals surface area contributed by atoms with Gasteiger partial charge in [0.15, 0.2) is 0 Å². The average molecular weight is 269 g/mol. The van der Waals surface area contributed by atoms with Crippen LogP contribution in [0.25, 0.3) is 0 Å². The smallest absolute Gasteiger partial charge is 0.313 e. The number of hydrogen-bond donors (Lipinski definition) is 1. The van der Waals surface area contributed by atoms with Gasteiger partial charge in [-0.25, -0.2) is 0 Å². The van der Waals surface area contributed by atoms with Crippen LogP contribution < -0.4 is 5.32 Å². The molecule has 0 spiro atoms. The highest BCUT2D eigenvalue weighted by Crippen LogP contribution is 2.29. The van der Waals surface area contributed by atoms with Crippen molar-refractivity contribution in [2.45, 2.75) is 24.9 Å². The van der Waals surface area contributed by atoms with Gasteiger partial charge < -0.3 is 5.32 Å². The molecule has 0 aromatic carbocycles. The van der Waals surface area contributed by atoms with Crippen LogP contribution in [0.2, 0.25) is 0 Å². The Morgan fingerprint density at radius 1 is 1.50 bits per heavy atom. The van der Waals surface area contributed by atoms with E-state index < -0.39 is 5.51 Å². The van der Waals surface area contributed by atoms with Crippen molar-refractivity contribution in [3.8, 4) is 0 Å². The first-order valence-corrected chi connectivity index (χ1v) is 6.80. The number of nitrogens with one attached hydrogen (secondary N) is 1. The molecule has 0 saturated carbocycles. The molecule has 1 aromatic heterocycles. The van der Waals surface area contributed by atoms with Gasteiger partial charge in [0.2, 0.25) is 0 Å². The van der Waals surface area contributed by atoms with Crippen LogP contribution >= 0.6 is 23.1 Å².